The van der Waals surface area contributed by atoms with E-state index in [4.69, 9.17) is 32.9 Å². The molecule has 0 saturated carbocycles. The molecule has 11 heteroatoms. The van der Waals surface area contributed by atoms with Gasteiger partial charge in [-0.2, -0.15) is 10.1 Å². The minimum atomic E-state index is -0.374. The second kappa shape index (κ2) is 9.91. The Morgan fingerprint density at radius 3 is 2.77 bits per heavy atom. The molecule has 0 radical (unpaired) electrons. The first kappa shape index (κ1) is 23.1. The van der Waals surface area contributed by atoms with Gasteiger partial charge in [0.05, 0.1) is 35.0 Å². The molecule has 5 rings (SSSR count). The van der Waals surface area contributed by atoms with Gasteiger partial charge in [0.1, 0.15) is 5.15 Å². The van der Waals surface area contributed by atoms with E-state index in [-0.39, 0.29) is 5.91 Å². The van der Waals surface area contributed by atoms with Crippen molar-refractivity contribution < 1.29 is 9.53 Å². The lowest BCUT2D eigenvalue weighted by Gasteiger charge is -2.29. The van der Waals surface area contributed by atoms with Gasteiger partial charge in [0.15, 0.2) is 5.65 Å². The summed E-state index contributed by atoms with van der Waals surface area (Å²) in [4.78, 5) is 23.4. The number of carbonyl (C=O) groups excluding carboxylic acids is 1. The van der Waals surface area contributed by atoms with Gasteiger partial charge in [0, 0.05) is 30.0 Å². The van der Waals surface area contributed by atoms with Crippen LogP contribution in [0.5, 0.6) is 0 Å². The Morgan fingerprint density at radius 1 is 1.14 bits per heavy atom. The highest BCUT2D eigenvalue weighted by atomic mass is 35.5. The standard InChI is InChI=1S/C24H21Cl2N7O2/c1-2-19(34)28-18-12-14(6-7-17(18)25)21-20-22(26)31-32-23(20)30-24(29-21)27-15-4-3-5-16(13-15)33-8-10-35-11-9-33/h2-7,12-13H,1,8-11H2,(H,28,34)(H2,27,29,30,31,32). The summed E-state index contributed by atoms with van der Waals surface area (Å²) < 4.78 is 5.45. The number of nitrogens with one attached hydrogen (secondary N) is 3. The van der Waals surface area contributed by atoms with Gasteiger partial charge in [-0.1, -0.05) is 41.9 Å². The smallest absolute Gasteiger partial charge is 0.247 e. The van der Waals surface area contributed by atoms with Gasteiger partial charge in [0.25, 0.3) is 0 Å². The van der Waals surface area contributed by atoms with Crippen molar-refractivity contribution >= 4 is 63.2 Å². The van der Waals surface area contributed by atoms with Crippen LogP contribution in [0, 0.1) is 0 Å². The topological polar surface area (TPSA) is 108 Å². The summed E-state index contributed by atoms with van der Waals surface area (Å²) in [5.74, 6) is -0.0258. The number of fused-ring (bicyclic) bond motifs is 1. The molecular formula is C24H21Cl2N7O2. The van der Waals surface area contributed by atoms with E-state index < -0.39 is 0 Å². The summed E-state index contributed by atoms with van der Waals surface area (Å²) in [6.07, 6.45) is 1.17. The van der Waals surface area contributed by atoms with Crippen LogP contribution in [0.3, 0.4) is 0 Å². The van der Waals surface area contributed by atoms with Crippen LogP contribution < -0.4 is 15.5 Å². The highest BCUT2D eigenvalue weighted by molar-refractivity contribution is 6.35. The van der Waals surface area contributed by atoms with E-state index >= 15 is 0 Å². The molecule has 0 atom stereocenters. The normalized spacial score (nSPS) is 13.6. The molecule has 1 aliphatic heterocycles. The zero-order chi connectivity index (χ0) is 24.4. The van der Waals surface area contributed by atoms with Gasteiger partial charge in [-0.15, -0.1) is 0 Å². The van der Waals surface area contributed by atoms with E-state index in [9.17, 15) is 4.79 Å². The number of amides is 1. The summed E-state index contributed by atoms with van der Waals surface area (Å²) >= 11 is 12.7. The van der Waals surface area contributed by atoms with Crippen LogP contribution >= 0.6 is 23.2 Å². The molecule has 0 unspecified atom stereocenters. The quantitative estimate of drug-likeness (QED) is 0.312. The van der Waals surface area contributed by atoms with Crippen LogP contribution in [0.15, 0.2) is 55.1 Å². The maximum atomic E-state index is 11.8. The Morgan fingerprint density at radius 2 is 1.97 bits per heavy atom. The maximum Gasteiger partial charge on any atom is 0.247 e. The number of hydrogen-bond acceptors (Lipinski definition) is 7. The minimum absolute atomic E-state index is 0.308. The number of nitrogens with zero attached hydrogens (tertiary/aromatic N) is 4. The lowest BCUT2D eigenvalue weighted by molar-refractivity contribution is -0.111. The third-order valence-electron chi connectivity index (χ3n) is 5.53. The molecule has 3 heterocycles. The molecule has 3 N–H and O–H groups in total. The van der Waals surface area contributed by atoms with Gasteiger partial charge in [-0.05, 0) is 36.4 Å². The van der Waals surface area contributed by atoms with Crippen molar-refractivity contribution in [3.63, 3.8) is 0 Å². The zero-order valence-corrected chi connectivity index (χ0v) is 20.0. The van der Waals surface area contributed by atoms with Crippen LogP contribution in [0.1, 0.15) is 0 Å². The number of anilines is 4. The Bertz CT molecular complexity index is 1420. The van der Waals surface area contributed by atoms with Crippen molar-refractivity contribution in [1.29, 1.82) is 0 Å². The molecule has 0 bridgehead atoms. The second-order valence-corrected chi connectivity index (χ2v) is 8.58. The van der Waals surface area contributed by atoms with Crippen molar-refractivity contribution in [1.82, 2.24) is 20.2 Å². The number of aromatic nitrogens is 4. The average molecular weight is 510 g/mol. The van der Waals surface area contributed by atoms with Crippen molar-refractivity contribution in [3.05, 3.63) is 65.3 Å². The number of morpholine rings is 1. The second-order valence-electron chi connectivity index (χ2n) is 7.79. The van der Waals surface area contributed by atoms with E-state index in [1.165, 1.54) is 6.08 Å². The molecule has 0 aliphatic carbocycles. The third kappa shape index (κ3) is 4.93. The van der Waals surface area contributed by atoms with Crippen LogP contribution in [0.25, 0.3) is 22.3 Å². The first-order valence-corrected chi connectivity index (χ1v) is 11.6. The number of rotatable bonds is 6. The maximum absolute atomic E-state index is 11.8. The number of halogens is 2. The number of ether oxygens (including phenoxy) is 1. The SMILES string of the molecule is C=CC(=O)Nc1cc(-c2nc(Nc3cccc(N4CCOCC4)c3)nc3n[nH]c(Cl)c23)ccc1Cl. The minimum Gasteiger partial charge on any atom is -0.378 e. The fraction of sp³-hybridized carbons (Fsp3) is 0.167. The van der Waals surface area contributed by atoms with Gasteiger partial charge in [-0.25, -0.2) is 4.98 Å². The molecule has 1 fully saturated rings. The molecule has 2 aromatic heterocycles. The Kier molecular flexibility index (Phi) is 6.54. The number of carbonyl (C=O) groups is 1. The molecule has 35 heavy (non-hydrogen) atoms. The zero-order valence-electron chi connectivity index (χ0n) is 18.5. The lowest BCUT2D eigenvalue weighted by atomic mass is 10.1. The van der Waals surface area contributed by atoms with Crippen LogP contribution in [0.4, 0.5) is 23.0 Å². The van der Waals surface area contributed by atoms with Crippen LogP contribution in [0.2, 0.25) is 10.2 Å². The van der Waals surface area contributed by atoms with E-state index in [1.54, 1.807) is 18.2 Å². The fourth-order valence-corrected chi connectivity index (χ4v) is 4.22. The Hall–Kier alpha value is -3.66. The number of benzene rings is 2. The van der Waals surface area contributed by atoms with Crippen LogP contribution in [-0.4, -0.2) is 52.4 Å². The largest absolute Gasteiger partial charge is 0.378 e. The Labute approximate surface area is 211 Å². The number of hydrogen-bond donors (Lipinski definition) is 3. The van der Waals surface area contributed by atoms with Crippen molar-refractivity contribution in [2.75, 3.05) is 41.8 Å². The summed E-state index contributed by atoms with van der Waals surface area (Å²) in [5.41, 5.74) is 3.95. The molecule has 1 amide bonds. The summed E-state index contributed by atoms with van der Waals surface area (Å²) in [5, 5.41) is 14.2. The predicted octanol–water partition coefficient (Wildman–Crippen LogP) is 5.03. The molecule has 4 aromatic rings. The van der Waals surface area contributed by atoms with Crippen molar-refractivity contribution in [2.45, 2.75) is 0 Å². The average Bonchev–Trinajstić information content (AvgIpc) is 3.26. The Balaban J connectivity index is 1.52. The molecule has 178 valence electrons. The van der Waals surface area contributed by atoms with Crippen molar-refractivity contribution in [2.24, 2.45) is 0 Å². The molecule has 9 nitrogen and oxygen atoms in total. The summed E-state index contributed by atoms with van der Waals surface area (Å²) in [7, 11) is 0. The number of aromatic amines is 1. The molecule has 0 spiro atoms. The van der Waals surface area contributed by atoms with Gasteiger partial charge >= 0.3 is 0 Å². The lowest BCUT2D eigenvalue weighted by Crippen LogP contribution is -2.36. The van der Waals surface area contributed by atoms with Gasteiger partial charge < -0.3 is 20.3 Å². The molecule has 1 saturated heterocycles. The third-order valence-corrected chi connectivity index (χ3v) is 6.13. The van der Waals surface area contributed by atoms with E-state index in [1.807, 2.05) is 18.2 Å². The monoisotopic (exact) mass is 509 g/mol. The molecule has 1 aliphatic rings. The van der Waals surface area contributed by atoms with Gasteiger partial charge in [-0.3, -0.25) is 9.89 Å². The van der Waals surface area contributed by atoms with E-state index in [0.717, 1.165) is 24.5 Å². The highest BCUT2D eigenvalue weighted by Gasteiger charge is 2.18. The predicted molar refractivity (Wildman–Crippen MR) is 139 cm³/mol. The number of H-pyrrole nitrogens is 1. The van der Waals surface area contributed by atoms with E-state index in [0.29, 0.717) is 57.3 Å². The highest BCUT2D eigenvalue weighted by Crippen LogP contribution is 2.35. The fourth-order valence-electron chi connectivity index (χ4n) is 3.84. The van der Waals surface area contributed by atoms with Crippen LogP contribution in [-0.2, 0) is 9.53 Å². The molecular weight excluding hydrogens is 489 g/mol. The first-order chi connectivity index (χ1) is 17.0. The van der Waals surface area contributed by atoms with Crippen molar-refractivity contribution in [3.8, 4) is 11.3 Å². The first-order valence-electron chi connectivity index (χ1n) is 10.9. The van der Waals surface area contributed by atoms with E-state index in [2.05, 4.69) is 43.4 Å². The molecule has 2 aromatic carbocycles. The summed E-state index contributed by atoms with van der Waals surface area (Å²) in [6.45, 7) is 6.56. The van der Waals surface area contributed by atoms with Gasteiger partial charge in [0.2, 0.25) is 11.9 Å². The summed E-state index contributed by atoms with van der Waals surface area (Å²) in [6, 6.07) is 13.2.